The van der Waals surface area contributed by atoms with Gasteiger partial charge in [0.1, 0.15) is 5.82 Å². The molecule has 4 heteroatoms. The predicted octanol–water partition coefficient (Wildman–Crippen LogP) is 2.39. The van der Waals surface area contributed by atoms with Crippen molar-refractivity contribution in [2.45, 2.75) is 19.5 Å². The Hall–Kier alpha value is -1.94. The summed E-state index contributed by atoms with van der Waals surface area (Å²) in [5, 5.41) is 3.21. The lowest BCUT2D eigenvalue weighted by atomic mass is 10.1. The highest BCUT2D eigenvalue weighted by molar-refractivity contribution is 5.39. The normalized spacial score (nSPS) is 12.2. The Morgan fingerprint density at radius 2 is 2.05 bits per heavy atom. The largest absolute Gasteiger partial charge is 0.354 e. The van der Waals surface area contributed by atoms with Gasteiger partial charge in [-0.3, -0.25) is 4.98 Å². The van der Waals surface area contributed by atoms with Gasteiger partial charge in [-0.1, -0.05) is 12.1 Å². The second kappa shape index (κ2) is 6.29. The van der Waals surface area contributed by atoms with Gasteiger partial charge in [-0.25, -0.2) is 4.98 Å². The molecule has 4 nitrogen and oxygen atoms in total. The van der Waals surface area contributed by atoms with E-state index in [0.717, 1.165) is 18.1 Å². The fraction of sp³-hybridized carbons (Fsp3) is 0.333. The van der Waals surface area contributed by atoms with Crippen LogP contribution in [-0.2, 0) is 6.54 Å². The molecular weight excluding hydrogens is 236 g/mol. The van der Waals surface area contributed by atoms with Crippen LogP contribution in [-0.4, -0.2) is 24.1 Å². The maximum atomic E-state index is 4.50. The van der Waals surface area contributed by atoms with Crippen LogP contribution < -0.4 is 10.2 Å². The maximum absolute atomic E-state index is 4.50. The molecule has 19 heavy (non-hydrogen) atoms. The van der Waals surface area contributed by atoms with Crippen molar-refractivity contribution in [2.75, 3.05) is 19.0 Å². The van der Waals surface area contributed by atoms with Crippen molar-refractivity contribution in [2.24, 2.45) is 0 Å². The van der Waals surface area contributed by atoms with E-state index >= 15 is 0 Å². The monoisotopic (exact) mass is 256 g/mol. The number of nitrogens with zero attached hydrogens (tertiary/aromatic N) is 3. The fourth-order valence-electron chi connectivity index (χ4n) is 1.86. The Bertz CT molecular complexity index is 495. The SMILES string of the molecule is CNC(C)c1ccc(N(C)Cc2ccccn2)nc1. The Morgan fingerprint density at radius 3 is 2.63 bits per heavy atom. The van der Waals surface area contributed by atoms with E-state index in [2.05, 4.69) is 33.2 Å². The minimum absolute atomic E-state index is 0.322. The quantitative estimate of drug-likeness (QED) is 0.892. The lowest BCUT2D eigenvalue weighted by Crippen LogP contribution is -2.19. The average molecular weight is 256 g/mol. The van der Waals surface area contributed by atoms with E-state index in [-0.39, 0.29) is 0 Å². The lowest BCUT2D eigenvalue weighted by Gasteiger charge is -2.18. The first-order valence-corrected chi connectivity index (χ1v) is 6.45. The van der Waals surface area contributed by atoms with Crippen LogP contribution >= 0.6 is 0 Å². The van der Waals surface area contributed by atoms with Crippen LogP contribution in [0.15, 0.2) is 42.7 Å². The predicted molar refractivity (Wildman–Crippen MR) is 78.1 cm³/mol. The molecule has 0 radical (unpaired) electrons. The van der Waals surface area contributed by atoms with Crippen molar-refractivity contribution in [3.63, 3.8) is 0 Å². The summed E-state index contributed by atoms with van der Waals surface area (Å²) in [4.78, 5) is 10.9. The molecule has 0 aliphatic rings. The summed E-state index contributed by atoms with van der Waals surface area (Å²) in [6.45, 7) is 2.88. The van der Waals surface area contributed by atoms with Gasteiger partial charge in [0, 0.05) is 25.5 Å². The molecule has 0 aromatic carbocycles. The molecule has 2 heterocycles. The van der Waals surface area contributed by atoms with E-state index < -0.39 is 0 Å². The Morgan fingerprint density at radius 1 is 1.21 bits per heavy atom. The second-order valence-electron chi connectivity index (χ2n) is 4.64. The van der Waals surface area contributed by atoms with Crippen LogP contribution in [0.1, 0.15) is 24.2 Å². The lowest BCUT2D eigenvalue weighted by molar-refractivity contribution is 0.649. The molecular formula is C15H20N4. The molecule has 1 N–H and O–H groups in total. The number of anilines is 1. The summed E-state index contributed by atoms with van der Waals surface area (Å²) in [5.74, 6) is 0.956. The van der Waals surface area contributed by atoms with Crippen molar-refractivity contribution in [3.05, 3.63) is 54.0 Å². The number of aromatic nitrogens is 2. The highest BCUT2D eigenvalue weighted by atomic mass is 15.2. The van der Waals surface area contributed by atoms with Crippen molar-refractivity contribution >= 4 is 5.82 Å². The standard InChI is InChI=1S/C15H20N4/c1-12(16-2)13-7-8-15(18-10-13)19(3)11-14-6-4-5-9-17-14/h4-10,12,16H,11H2,1-3H3. The summed E-state index contributed by atoms with van der Waals surface area (Å²) in [5.41, 5.74) is 2.23. The van der Waals surface area contributed by atoms with Gasteiger partial charge < -0.3 is 10.2 Å². The zero-order valence-electron chi connectivity index (χ0n) is 11.7. The minimum atomic E-state index is 0.322. The van der Waals surface area contributed by atoms with Crippen LogP contribution in [0.2, 0.25) is 0 Å². The first-order valence-electron chi connectivity index (χ1n) is 6.45. The molecule has 2 aromatic rings. The summed E-state index contributed by atoms with van der Waals surface area (Å²) in [7, 11) is 3.98. The fourth-order valence-corrected chi connectivity index (χ4v) is 1.86. The smallest absolute Gasteiger partial charge is 0.128 e. The zero-order valence-corrected chi connectivity index (χ0v) is 11.7. The van der Waals surface area contributed by atoms with Gasteiger partial charge in [0.15, 0.2) is 0 Å². The molecule has 2 rings (SSSR count). The van der Waals surface area contributed by atoms with Crippen LogP contribution in [0.25, 0.3) is 0 Å². The average Bonchev–Trinajstić information content (AvgIpc) is 2.47. The molecule has 0 bridgehead atoms. The molecule has 100 valence electrons. The van der Waals surface area contributed by atoms with E-state index in [4.69, 9.17) is 0 Å². The zero-order chi connectivity index (χ0) is 13.7. The van der Waals surface area contributed by atoms with Crippen LogP contribution in [0, 0.1) is 0 Å². The summed E-state index contributed by atoms with van der Waals surface area (Å²) in [6.07, 6.45) is 3.74. The van der Waals surface area contributed by atoms with Gasteiger partial charge in [0.05, 0.1) is 12.2 Å². The molecule has 1 unspecified atom stereocenters. The highest BCUT2D eigenvalue weighted by Gasteiger charge is 2.06. The van der Waals surface area contributed by atoms with Gasteiger partial charge in [0.2, 0.25) is 0 Å². The van der Waals surface area contributed by atoms with Crippen molar-refractivity contribution in [1.29, 1.82) is 0 Å². The van der Waals surface area contributed by atoms with Gasteiger partial charge in [-0.2, -0.15) is 0 Å². The number of nitrogens with one attached hydrogen (secondary N) is 1. The molecule has 2 aromatic heterocycles. The van der Waals surface area contributed by atoms with Crippen LogP contribution in [0.5, 0.6) is 0 Å². The summed E-state index contributed by atoms with van der Waals surface area (Å²) in [6, 6.07) is 10.4. The number of hydrogen-bond acceptors (Lipinski definition) is 4. The molecule has 0 aliphatic heterocycles. The molecule has 0 amide bonds. The third-order valence-corrected chi connectivity index (χ3v) is 3.22. The molecule has 1 atom stereocenters. The molecule has 0 spiro atoms. The summed E-state index contributed by atoms with van der Waals surface area (Å²) >= 11 is 0. The number of rotatable bonds is 5. The van der Waals surface area contributed by atoms with Crippen molar-refractivity contribution in [3.8, 4) is 0 Å². The van der Waals surface area contributed by atoms with Gasteiger partial charge in [-0.05, 0) is 37.7 Å². The molecule has 0 aliphatic carbocycles. The van der Waals surface area contributed by atoms with Crippen molar-refractivity contribution < 1.29 is 0 Å². The van der Waals surface area contributed by atoms with E-state index in [1.165, 1.54) is 5.56 Å². The first kappa shape index (κ1) is 13.5. The third-order valence-electron chi connectivity index (χ3n) is 3.22. The Balaban J connectivity index is 2.05. The van der Waals surface area contributed by atoms with Crippen LogP contribution in [0.4, 0.5) is 5.82 Å². The van der Waals surface area contributed by atoms with Gasteiger partial charge in [-0.15, -0.1) is 0 Å². The Kier molecular flexibility index (Phi) is 4.47. The van der Waals surface area contributed by atoms with Gasteiger partial charge >= 0.3 is 0 Å². The maximum Gasteiger partial charge on any atom is 0.128 e. The minimum Gasteiger partial charge on any atom is -0.354 e. The summed E-state index contributed by atoms with van der Waals surface area (Å²) < 4.78 is 0. The molecule has 0 saturated carbocycles. The molecule has 0 fully saturated rings. The van der Waals surface area contributed by atoms with E-state index in [0.29, 0.717) is 6.04 Å². The van der Waals surface area contributed by atoms with Crippen LogP contribution in [0.3, 0.4) is 0 Å². The number of hydrogen-bond donors (Lipinski definition) is 1. The Labute approximate surface area is 114 Å². The molecule has 0 saturated heterocycles. The van der Waals surface area contributed by atoms with E-state index in [1.54, 1.807) is 0 Å². The second-order valence-corrected chi connectivity index (χ2v) is 4.64. The van der Waals surface area contributed by atoms with Crippen molar-refractivity contribution in [1.82, 2.24) is 15.3 Å². The third kappa shape index (κ3) is 3.51. The highest BCUT2D eigenvalue weighted by Crippen LogP contribution is 2.16. The first-order chi connectivity index (χ1) is 9.20. The van der Waals surface area contributed by atoms with E-state index in [1.807, 2.05) is 50.8 Å². The number of pyridine rings is 2. The topological polar surface area (TPSA) is 41.0 Å². The van der Waals surface area contributed by atoms with E-state index in [9.17, 15) is 0 Å². The van der Waals surface area contributed by atoms with Gasteiger partial charge in [0.25, 0.3) is 0 Å².